The summed E-state index contributed by atoms with van der Waals surface area (Å²) < 4.78 is 42.4. The van der Waals surface area contributed by atoms with Crippen molar-refractivity contribution in [3.63, 3.8) is 0 Å². The maximum Gasteiger partial charge on any atom is 0.433 e. The second-order valence-electron chi connectivity index (χ2n) is 3.65. The molecule has 0 bridgehead atoms. The Labute approximate surface area is 112 Å². The van der Waals surface area contributed by atoms with Crippen LogP contribution in [0.2, 0.25) is 0 Å². The van der Waals surface area contributed by atoms with E-state index in [1.54, 1.807) is 14.1 Å². The average molecular weight is 295 g/mol. The second-order valence-corrected chi connectivity index (χ2v) is 4.59. The average Bonchev–Trinajstić information content (AvgIpc) is 2.34. The molecule has 0 amide bonds. The van der Waals surface area contributed by atoms with Crippen LogP contribution >= 0.6 is 11.8 Å². The Bertz CT molecular complexity index is 466. The van der Waals surface area contributed by atoms with Crippen LogP contribution in [0, 0.1) is 0 Å². The van der Waals surface area contributed by atoms with Crippen LogP contribution in [0.5, 0.6) is 0 Å². The van der Waals surface area contributed by atoms with Crippen molar-refractivity contribution in [2.45, 2.75) is 11.3 Å². The summed E-state index contributed by atoms with van der Waals surface area (Å²) in [5.74, 6) is -0.586. The molecule has 0 saturated heterocycles. The Morgan fingerprint density at radius 2 is 2.05 bits per heavy atom. The minimum absolute atomic E-state index is 0.120. The molecule has 9 heteroatoms. The number of hydrogen-bond acceptors (Lipinski definition) is 6. The van der Waals surface area contributed by atoms with Crippen molar-refractivity contribution in [1.82, 2.24) is 9.97 Å². The molecule has 1 aromatic heterocycles. The molecular weight excluding hydrogens is 283 g/mol. The second kappa shape index (κ2) is 6.09. The van der Waals surface area contributed by atoms with Gasteiger partial charge in [-0.1, -0.05) is 11.8 Å². The van der Waals surface area contributed by atoms with Crippen LogP contribution in [0.3, 0.4) is 0 Å². The number of anilines is 1. The zero-order valence-electron chi connectivity index (χ0n) is 10.5. The third kappa shape index (κ3) is 4.58. The van der Waals surface area contributed by atoms with Crippen molar-refractivity contribution in [1.29, 1.82) is 0 Å². The molecular formula is C10H12F3N3O2S. The molecule has 0 N–H and O–H groups in total. The van der Waals surface area contributed by atoms with Crippen LogP contribution in [0.25, 0.3) is 0 Å². The number of hydrogen-bond donors (Lipinski definition) is 0. The van der Waals surface area contributed by atoms with E-state index in [1.165, 1.54) is 12.0 Å². The molecule has 0 aliphatic rings. The number of nitrogens with zero attached hydrogens (tertiary/aromatic N) is 3. The monoisotopic (exact) mass is 295 g/mol. The molecule has 0 aliphatic heterocycles. The Balaban J connectivity index is 3.03. The summed E-state index contributed by atoms with van der Waals surface area (Å²) in [7, 11) is 4.33. The molecule has 0 radical (unpaired) electrons. The van der Waals surface area contributed by atoms with Gasteiger partial charge in [0.25, 0.3) is 0 Å². The number of thioether (sulfide) groups is 1. The van der Waals surface area contributed by atoms with E-state index >= 15 is 0 Å². The third-order valence-electron chi connectivity index (χ3n) is 1.99. The van der Waals surface area contributed by atoms with Crippen LogP contribution in [0.1, 0.15) is 5.69 Å². The van der Waals surface area contributed by atoms with E-state index in [-0.39, 0.29) is 16.7 Å². The van der Waals surface area contributed by atoms with Crippen LogP contribution in [-0.2, 0) is 15.7 Å². The first-order chi connectivity index (χ1) is 8.74. The number of halogens is 3. The first-order valence-corrected chi connectivity index (χ1v) is 6.06. The molecule has 0 fully saturated rings. The van der Waals surface area contributed by atoms with E-state index in [1.807, 2.05) is 0 Å². The zero-order valence-corrected chi connectivity index (χ0v) is 11.3. The number of aromatic nitrogens is 2. The highest BCUT2D eigenvalue weighted by Crippen LogP contribution is 2.31. The maximum atomic E-state index is 12.7. The summed E-state index contributed by atoms with van der Waals surface area (Å²) in [6.07, 6.45) is -4.56. The Hall–Kier alpha value is -1.51. The van der Waals surface area contributed by atoms with E-state index < -0.39 is 17.8 Å². The van der Waals surface area contributed by atoms with Crippen molar-refractivity contribution in [2.24, 2.45) is 0 Å². The lowest BCUT2D eigenvalue weighted by Crippen LogP contribution is -2.16. The van der Waals surface area contributed by atoms with Crippen molar-refractivity contribution >= 4 is 23.5 Å². The van der Waals surface area contributed by atoms with Gasteiger partial charge in [-0.25, -0.2) is 9.97 Å². The van der Waals surface area contributed by atoms with Gasteiger partial charge in [-0.2, -0.15) is 13.2 Å². The SMILES string of the molecule is COC(=O)CSc1nc(N(C)C)cc(C(F)(F)F)n1. The molecule has 5 nitrogen and oxygen atoms in total. The number of carbonyl (C=O) groups excluding carboxylic acids is 1. The number of methoxy groups -OCH3 is 1. The molecule has 1 rings (SSSR count). The minimum atomic E-state index is -4.56. The van der Waals surface area contributed by atoms with Gasteiger partial charge in [0, 0.05) is 20.2 Å². The van der Waals surface area contributed by atoms with Crippen molar-refractivity contribution in [3.05, 3.63) is 11.8 Å². The summed E-state index contributed by atoms with van der Waals surface area (Å²) >= 11 is 0.792. The molecule has 0 aliphatic carbocycles. The van der Waals surface area contributed by atoms with Crippen LogP contribution in [0.15, 0.2) is 11.2 Å². The number of rotatable bonds is 4. The molecule has 1 heterocycles. The van der Waals surface area contributed by atoms with Crippen molar-refractivity contribution in [3.8, 4) is 0 Å². The fourth-order valence-corrected chi connectivity index (χ4v) is 1.72. The lowest BCUT2D eigenvalue weighted by atomic mass is 10.4. The van der Waals surface area contributed by atoms with Gasteiger partial charge >= 0.3 is 12.1 Å². The number of esters is 1. The molecule has 19 heavy (non-hydrogen) atoms. The first kappa shape index (κ1) is 15.5. The molecule has 106 valence electrons. The Kier molecular flexibility index (Phi) is 4.98. The summed E-state index contributed by atoms with van der Waals surface area (Å²) in [6.45, 7) is 0. The van der Waals surface area contributed by atoms with Gasteiger partial charge in [0.1, 0.15) is 5.82 Å². The fraction of sp³-hybridized carbons (Fsp3) is 0.500. The fourth-order valence-electron chi connectivity index (χ4n) is 1.03. The predicted molar refractivity (Wildman–Crippen MR) is 64.1 cm³/mol. The van der Waals surface area contributed by atoms with Gasteiger partial charge in [-0.3, -0.25) is 4.79 Å². The van der Waals surface area contributed by atoms with Gasteiger partial charge in [-0.05, 0) is 0 Å². The zero-order chi connectivity index (χ0) is 14.6. The highest BCUT2D eigenvalue weighted by atomic mass is 32.2. The van der Waals surface area contributed by atoms with Crippen molar-refractivity contribution < 1.29 is 22.7 Å². The number of carbonyl (C=O) groups is 1. The summed E-state index contributed by atoms with van der Waals surface area (Å²) in [5.41, 5.74) is -1.04. The van der Waals surface area contributed by atoms with E-state index in [0.717, 1.165) is 17.8 Å². The summed E-state index contributed by atoms with van der Waals surface area (Å²) in [6, 6.07) is 0.849. The smallest absolute Gasteiger partial charge is 0.433 e. The lowest BCUT2D eigenvalue weighted by Gasteiger charge is -2.14. The normalized spacial score (nSPS) is 11.3. The lowest BCUT2D eigenvalue weighted by molar-refractivity contribution is -0.141. The van der Waals surface area contributed by atoms with E-state index in [0.29, 0.717) is 0 Å². The largest absolute Gasteiger partial charge is 0.468 e. The van der Waals surface area contributed by atoms with Gasteiger partial charge in [0.05, 0.1) is 12.9 Å². The highest BCUT2D eigenvalue weighted by Gasteiger charge is 2.34. The molecule has 0 spiro atoms. The van der Waals surface area contributed by atoms with Gasteiger partial charge in [0.15, 0.2) is 10.9 Å². The van der Waals surface area contributed by atoms with Crippen molar-refractivity contribution in [2.75, 3.05) is 31.9 Å². The van der Waals surface area contributed by atoms with E-state index in [4.69, 9.17) is 0 Å². The standard InChI is InChI=1S/C10H12F3N3O2S/c1-16(2)7-4-6(10(11,12)13)14-9(15-7)19-5-8(17)18-3/h4H,5H2,1-3H3. The van der Waals surface area contributed by atoms with Crippen LogP contribution < -0.4 is 4.90 Å². The van der Waals surface area contributed by atoms with Gasteiger partial charge in [-0.15, -0.1) is 0 Å². The quantitative estimate of drug-likeness (QED) is 0.480. The first-order valence-electron chi connectivity index (χ1n) is 5.07. The summed E-state index contributed by atoms with van der Waals surface area (Å²) in [5, 5.41) is -0.121. The molecule has 1 aromatic rings. The molecule has 0 aromatic carbocycles. The minimum Gasteiger partial charge on any atom is -0.468 e. The topological polar surface area (TPSA) is 55.3 Å². The van der Waals surface area contributed by atoms with Gasteiger partial charge < -0.3 is 9.64 Å². The Morgan fingerprint density at radius 1 is 1.42 bits per heavy atom. The maximum absolute atomic E-state index is 12.7. The van der Waals surface area contributed by atoms with Crippen LogP contribution in [0.4, 0.5) is 19.0 Å². The molecule has 0 saturated carbocycles. The van der Waals surface area contributed by atoms with Crippen LogP contribution in [-0.4, -0.2) is 42.9 Å². The molecule has 0 unspecified atom stereocenters. The summed E-state index contributed by atoms with van der Waals surface area (Å²) in [4.78, 5) is 19.7. The predicted octanol–water partition coefficient (Wildman–Crippen LogP) is 1.83. The van der Waals surface area contributed by atoms with Gasteiger partial charge in [0.2, 0.25) is 0 Å². The highest BCUT2D eigenvalue weighted by molar-refractivity contribution is 7.99. The Morgan fingerprint density at radius 3 is 2.53 bits per heavy atom. The number of ether oxygens (including phenoxy) is 1. The number of alkyl halides is 3. The third-order valence-corrected chi connectivity index (χ3v) is 2.81. The van der Waals surface area contributed by atoms with E-state index in [2.05, 4.69) is 14.7 Å². The molecule has 0 atom stereocenters. The van der Waals surface area contributed by atoms with E-state index in [9.17, 15) is 18.0 Å².